The lowest BCUT2D eigenvalue weighted by atomic mass is 10.0. The third-order valence-electron chi connectivity index (χ3n) is 3.02. The van der Waals surface area contributed by atoms with Crippen molar-refractivity contribution in [3.8, 4) is 5.75 Å². The van der Waals surface area contributed by atoms with E-state index < -0.39 is 0 Å². The number of hydrazine groups is 1. The predicted octanol–water partition coefficient (Wildman–Crippen LogP) is 2.74. The largest absolute Gasteiger partial charge is 0.494 e. The van der Waals surface area contributed by atoms with Crippen molar-refractivity contribution in [1.82, 2.24) is 5.43 Å². The Bertz CT molecular complexity index is 374. The lowest BCUT2D eigenvalue weighted by Gasteiger charge is -2.08. The molecule has 4 heteroatoms. The maximum atomic E-state index is 10.9. The van der Waals surface area contributed by atoms with E-state index in [4.69, 9.17) is 10.6 Å². The SMILES string of the molecule is CC(C)c1ccc(OCCCCCC(=O)NN)cc1. The molecule has 0 aliphatic heterocycles. The van der Waals surface area contributed by atoms with E-state index in [0.717, 1.165) is 25.0 Å². The van der Waals surface area contributed by atoms with Gasteiger partial charge in [-0.05, 0) is 42.9 Å². The molecule has 0 aliphatic rings. The van der Waals surface area contributed by atoms with Crippen LogP contribution in [0.1, 0.15) is 51.0 Å². The van der Waals surface area contributed by atoms with E-state index >= 15 is 0 Å². The average molecular weight is 264 g/mol. The number of unbranched alkanes of at least 4 members (excludes halogenated alkanes) is 2. The summed E-state index contributed by atoms with van der Waals surface area (Å²) in [7, 11) is 0. The van der Waals surface area contributed by atoms with Crippen LogP contribution < -0.4 is 16.0 Å². The summed E-state index contributed by atoms with van der Waals surface area (Å²) in [5.41, 5.74) is 3.45. The molecular formula is C15H24N2O2. The van der Waals surface area contributed by atoms with E-state index in [1.54, 1.807) is 0 Å². The zero-order valence-corrected chi connectivity index (χ0v) is 11.8. The first-order valence-electron chi connectivity index (χ1n) is 6.85. The third kappa shape index (κ3) is 6.25. The van der Waals surface area contributed by atoms with Gasteiger partial charge in [-0.15, -0.1) is 0 Å². The summed E-state index contributed by atoms with van der Waals surface area (Å²) in [5.74, 6) is 6.34. The Morgan fingerprint density at radius 2 is 1.89 bits per heavy atom. The van der Waals surface area contributed by atoms with Gasteiger partial charge in [0.05, 0.1) is 6.61 Å². The molecule has 0 bridgehead atoms. The number of hydrogen-bond donors (Lipinski definition) is 2. The number of carbonyl (C=O) groups excluding carboxylic acids is 1. The Hall–Kier alpha value is -1.55. The van der Waals surface area contributed by atoms with Gasteiger partial charge in [0.15, 0.2) is 0 Å². The molecule has 106 valence electrons. The molecule has 3 N–H and O–H groups in total. The van der Waals surface area contributed by atoms with Crippen LogP contribution in [0.4, 0.5) is 0 Å². The fourth-order valence-electron chi connectivity index (χ4n) is 1.78. The van der Waals surface area contributed by atoms with E-state index in [1.807, 2.05) is 12.1 Å². The predicted molar refractivity (Wildman–Crippen MR) is 76.8 cm³/mol. The first-order chi connectivity index (χ1) is 9.13. The van der Waals surface area contributed by atoms with Gasteiger partial charge in [0, 0.05) is 6.42 Å². The van der Waals surface area contributed by atoms with Gasteiger partial charge in [0.2, 0.25) is 5.91 Å². The highest BCUT2D eigenvalue weighted by Crippen LogP contribution is 2.18. The molecule has 0 heterocycles. The second-order valence-corrected chi connectivity index (χ2v) is 4.95. The molecule has 0 unspecified atom stereocenters. The van der Waals surface area contributed by atoms with Gasteiger partial charge in [0.1, 0.15) is 5.75 Å². The minimum atomic E-state index is -0.106. The second kappa shape index (κ2) is 8.53. The van der Waals surface area contributed by atoms with Gasteiger partial charge in [-0.3, -0.25) is 10.2 Å². The van der Waals surface area contributed by atoms with Crippen LogP contribution in [0.5, 0.6) is 5.75 Å². The molecule has 0 saturated heterocycles. The summed E-state index contributed by atoms with van der Waals surface area (Å²) >= 11 is 0. The number of ether oxygens (including phenoxy) is 1. The van der Waals surface area contributed by atoms with E-state index in [1.165, 1.54) is 5.56 Å². The van der Waals surface area contributed by atoms with Crippen molar-refractivity contribution in [1.29, 1.82) is 0 Å². The standard InChI is InChI=1S/C15H24N2O2/c1-12(2)13-7-9-14(10-8-13)19-11-5-3-4-6-15(18)17-16/h7-10,12H,3-6,11,16H2,1-2H3,(H,17,18). The molecule has 0 saturated carbocycles. The first kappa shape index (κ1) is 15.5. The average Bonchev–Trinajstić information content (AvgIpc) is 2.42. The van der Waals surface area contributed by atoms with Gasteiger partial charge < -0.3 is 4.74 Å². The number of hydrogen-bond acceptors (Lipinski definition) is 3. The molecule has 1 aromatic carbocycles. The molecule has 0 radical (unpaired) electrons. The first-order valence-corrected chi connectivity index (χ1v) is 6.85. The van der Waals surface area contributed by atoms with Crippen LogP contribution in [0.2, 0.25) is 0 Å². The van der Waals surface area contributed by atoms with Gasteiger partial charge in [-0.1, -0.05) is 26.0 Å². The van der Waals surface area contributed by atoms with Crippen LogP contribution in [0.3, 0.4) is 0 Å². The van der Waals surface area contributed by atoms with Crippen molar-refractivity contribution in [2.24, 2.45) is 5.84 Å². The summed E-state index contributed by atoms with van der Waals surface area (Å²) in [6, 6.07) is 8.23. The molecule has 0 aliphatic carbocycles. The van der Waals surface area contributed by atoms with Crippen LogP contribution in [-0.4, -0.2) is 12.5 Å². The van der Waals surface area contributed by atoms with Crippen LogP contribution in [0.15, 0.2) is 24.3 Å². The highest BCUT2D eigenvalue weighted by Gasteiger charge is 2.00. The molecule has 1 amide bonds. The Balaban J connectivity index is 2.14. The Morgan fingerprint density at radius 3 is 2.47 bits per heavy atom. The summed E-state index contributed by atoms with van der Waals surface area (Å²) in [6.45, 7) is 5.03. The topological polar surface area (TPSA) is 64.3 Å². The molecule has 1 rings (SSSR count). The van der Waals surface area contributed by atoms with Crippen LogP contribution >= 0.6 is 0 Å². The Labute approximate surface area is 115 Å². The monoisotopic (exact) mass is 264 g/mol. The minimum Gasteiger partial charge on any atom is -0.494 e. The number of carbonyl (C=O) groups is 1. The number of rotatable bonds is 8. The van der Waals surface area contributed by atoms with Gasteiger partial charge in [-0.25, -0.2) is 5.84 Å². The van der Waals surface area contributed by atoms with Gasteiger partial charge in [0.25, 0.3) is 0 Å². The van der Waals surface area contributed by atoms with Gasteiger partial charge >= 0.3 is 0 Å². The normalized spacial score (nSPS) is 10.5. The van der Waals surface area contributed by atoms with Crippen LogP contribution in [0, 0.1) is 0 Å². The summed E-state index contributed by atoms with van der Waals surface area (Å²) in [5, 5.41) is 0. The number of nitrogens with two attached hydrogens (primary N) is 1. The molecule has 0 fully saturated rings. The quantitative estimate of drug-likeness (QED) is 0.328. The Kier molecular flexibility index (Phi) is 6.97. The molecule has 19 heavy (non-hydrogen) atoms. The highest BCUT2D eigenvalue weighted by atomic mass is 16.5. The molecule has 1 aromatic rings. The van der Waals surface area contributed by atoms with Crippen molar-refractivity contribution in [3.63, 3.8) is 0 Å². The highest BCUT2D eigenvalue weighted by molar-refractivity contribution is 5.74. The summed E-state index contributed by atoms with van der Waals surface area (Å²) < 4.78 is 5.65. The fraction of sp³-hybridized carbons (Fsp3) is 0.533. The number of nitrogens with one attached hydrogen (secondary N) is 1. The molecule has 0 spiro atoms. The molecule has 0 aromatic heterocycles. The fourth-order valence-corrected chi connectivity index (χ4v) is 1.78. The van der Waals surface area contributed by atoms with E-state index in [9.17, 15) is 4.79 Å². The molecule has 4 nitrogen and oxygen atoms in total. The van der Waals surface area contributed by atoms with Crippen molar-refractivity contribution in [3.05, 3.63) is 29.8 Å². The van der Waals surface area contributed by atoms with E-state index in [-0.39, 0.29) is 5.91 Å². The summed E-state index contributed by atoms with van der Waals surface area (Å²) in [4.78, 5) is 10.9. The zero-order chi connectivity index (χ0) is 14.1. The van der Waals surface area contributed by atoms with Crippen LogP contribution in [-0.2, 0) is 4.79 Å². The van der Waals surface area contributed by atoms with Crippen molar-refractivity contribution in [2.45, 2.75) is 45.4 Å². The van der Waals surface area contributed by atoms with Crippen molar-refractivity contribution in [2.75, 3.05) is 6.61 Å². The number of amides is 1. The van der Waals surface area contributed by atoms with Crippen molar-refractivity contribution < 1.29 is 9.53 Å². The number of benzene rings is 1. The zero-order valence-electron chi connectivity index (χ0n) is 11.8. The smallest absolute Gasteiger partial charge is 0.233 e. The third-order valence-corrected chi connectivity index (χ3v) is 3.02. The maximum absolute atomic E-state index is 10.9. The van der Waals surface area contributed by atoms with Gasteiger partial charge in [-0.2, -0.15) is 0 Å². The maximum Gasteiger partial charge on any atom is 0.233 e. The minimum absolute atomic E-state index is 0.106. The van der Waals surface area contributed by atoms with Crippen LogP contribution in [0.25, 0.3) is 0 Å². The van der Waals surface area contributed by atoms with E-state index in [0.29, 0.717) is 18.9 Å². The van der Waals surface area contributed by atoms with E-state index in [2.05, 4.69) is 31.4 Å². The lowest BCUT2D eigenvalue weighted by molar-refractivity contribution is -0.121. The molecular weight excluding hydrogens is 240 g/mol. The Morgan fingerprint density at radius 1 is 1.21 bits per heavy atom. The molecule has 0 atom stereocenters. The second-order valence-electron chi connectivity index (χ2n) is 4.95. The van der Waals surface area contributed by atoms with Crippen molar-refractivity contribution >= 4 is 5.91 Å². The summed E-state index contributed by atoms with van der Waals surface area (Å²) in [6.07, 6.45) is 3.25. The lowest BCUT2D eigenvalue weighted by Crippen LogP contribution is -2.29.